The number of likely N-dealkylation sites (tertiary alicyclic amines) is 1. The second-order valence-corrected chi connectivity index (χ2v) is 11.8. The van der Waals surface area contributed by atoms with Crippen LogP contribution in [0, 0.1) is 25.2 Å². The van der Waals surface area contributed by atoms with Crippen molar-refractivity contribution in [3.8, 4) is 0 Å². The van der Waals surface area contributed by atoms with Crippen LogP contribution in [-0.4, -0.2) is 45.6 Å². The van der Waals surface area contributed by atoms with Gasteiger partial charge in [0.15, 0.2) is 0 Å². The van der Waals surface area contributed by atoms with Gasteiger partial charge in [0.05, 0.1) is 0 Å². The summed E-state index contributed by atoms with van der Waals surface area (Å²) in [4.78, 5) is 16.0. The van der Waals surface area contributed by atoms with Crippen molar-refractivity contribution in [1.29, 1.82) is 0 Å². The molecule has 1 aromatic heterocycles. The molecule has 2 atom stereocenters. The first-order valence-corrected chi connectivity index (χ1v) is 12.8. The van der Waals surface area contributed by atoms with E-state index in [1.807, 2.05) is 0 Å². The van der Waals surface area contributed by atoms with Crippen molar-refractivity contribution < 1.29 is 4.79 Å². The molecule has 1 saturated heterocycles. The standard InChI is InChI=1S/C28H42N4O/c1-19-9-10-21(20(2)16-19)17-25(33)23-13-15-31(6)18-24(23)27-30-29-26(32(27)22-11-12-22)8-7-14-28(3,4)5/h9-10,16,22-24H,7-8,11-15,17-18H2,1-6H3/t23-,24-/m0/s1. The Morgan fingerprint density at radius 2 is 1.88 bits per heavy atom. The minimum atomic E-state index is 0.0195. The lowest BCUT2D eigenvalue weighted by Crippen LogP contribution is -2.41. The molecule has 2 aliphatic rings. The van der Waals surface area contributed by atoms with Crippen molar-refractivity contribution in [1.82, 2.24) is 19.7 Å². The van der Waals surface area contributed by atoms with Gasteiger partial charge in [0, 0.05) is 37.3 Å². The fourth-order valence-corrected chi connectivity index (χ4v) is 5.39. The zero-order chi connectivity index (χ0) is 23.8. The summed E-state index contributed by atoms with van der Waals surface area (Å²) in [5.41, 5.74) is 3.97. The molecule has 0 radical (unpaired) electrons. The smallest absolute Gasteiger partial charge is 0.141 e. The molecule has 1 aliphatic carbocycles. The first-order valence-electron chi connectivity index (χ1n) is 12.8. The molecule has 1 aliphatic heterocycles. The van der Waals surface area contributed by atoms with Crippen LogP contribution in [0.4, 0.5) is 0 Å². The Morgan fingerprint density at radius 3 is 2.55 bits per heavy atom. The highest BCUT2D eigenvalue weighted by atomic mass is 16.1. The summed E-state index contributed by atoms with van der Waals surface area (Å²) in [6.45, 7) is 13.0. The molecule has 4 rings (SSSR count). The van der Waals surface area contributed by atoms with Gasteiger partial charge in [0.2, 0.25) is 0 Å². The molecule has 1 aromatic carbocycles. The predicted octanol–water partition coefficient (Wildman–Crippen LogP) is 5.45. The topological polar surface area (TPSA) is 51.0 Å². The minimum absolute atomic E-state index is 0.0195. The Bertz CT molecular complexity index is 982. The molecule has 0 amide bonds. The van der Waals surface area contributed by atoms with E-state index in [0.717, 1.165) is 49.6 Å². The number of ketones is 1. The zero-order valence-corrected chi connectivity index (χ0v) is 21.5. The van der Waals surface area contributed by atoms with Crippen molar-refractivity contribution in [2.75, 3.05) is 20.1 Å². The van der Waals surface area contributed by atoms with Crippen molar-refractivity contribution in [3.63, 3.8) is 0 Å². The summed E-state index contributed by atoms with van der Waals surface area (Å²) in [6.07, 6.45) is 7.14. The van der Waals surface area contributed by atoms with Crippen LogP contribution in [0.2, 0.25) is 0 Å². The van der Waals surface area contributed by atoms with E-state index < -0.39 is 0 Å². The van der Waals surface area contributed by atoms with E-state index in [2.05, 4.69) is 74.4 Å². The number of piperidine rings is 1. The van der Waals surface area contributed by atoms with Gasteiger partial charge < -0.3 is 9.47 Å². The number of carbonyl (C=O) groups excluding carboxylic acids is 1. The van der Waals surface area contributed by atoms with Crippen molar-refractivity contribution in [2.45, 2.75) is 91.5 Å². The number of benzene rings is 1. The van der Waals surface area contributed by atoms with E-state index in [-0.39, 0.29) is 11.8 Å². The van der Waals surface area contributed by atoms with Gasteiger partial charge >= 0.3 is 0 Å². The van der Waals surface area contributed by atoms with Crippen molar-refractivity contribution in [3.05, 3.63) is 46.5 Å². The number of rotatable bonds is 8. The van der Waals surface area contributed by atoms with Gasteiger partial charge in [0.1, 0.15) is 17.4 Å². The Balaban J connectivity index is 1.56. The van der Waals surface area contributed by atoms with E-state index in [1.165, 1.54) is 30.4 Å². The highest BCUT2D eigenvalue weighted by molar-refractivity contribution is 5.84. The predicted molar refractivity (Wildman–Crippen MR) is 134 cm³/mol. The molecule has 0 unspecified atom stereocenters. The monoisotopic (exact) mass is 450 g/mol. The summed E-state index contributed by atoms with van der Waals surface area (Å²) in [7, 11) is 2.17. The lowest BCUT2D eigenvalue weighted by Gasteiger charge is -2.35. The number of hydrogen-bond donors (Lipinski definition) is 0. The first kappa shape index (κ1) is 24.1. The molecule has 2 heterocycles. The van der Waals surface area contributed by atoms with Crippen LogP contribution in [0.25, 0.3) is 0 Å². The minimum Gasteiger partial charge on any atom is -0.312 e. The maximum absolute atomic E-state index is 13.6. The van der Waals surface area contributed by atoms with Gasteiger partial charge in [0.25, 0.3) is 0 Å². The van der Waals surface area contributed by atoms with Crippen LogP contribution < -0.4 is 0 Å². The SMILES string of the molecule is Cc1ccc(CC(=O)[C@H]2CCN(C)C[C@@H]2c2nnc(CCCC(C)(C)C)n2C2CC2)c(C)c1. The normalized spacial score (nSPS) is 22.0. The van der Waals surface area contributed by atoms with Crippen LogP contribution in [-0.2, 0) is 17.6 Å². The van der Waals surface area contributed by atoms with Gasteiger partial charge in [-0.2, -0.15) is 0 Å². The van der Waals surface area contributed by atoms with E-state index >= 15 is 0 Å². The fraction of sp³-hybridized carbons (Fsp3) is 0.679. The number of Topliss-reactive ketones (excluding diaryl/α,β-unsaturated/α-hetero) is 1. The number of nitrogens with zero attached hydrogens (tertiary/aromatic N) is 4. The van der Waals surface area contributed by atoms with Gasteiger partial charge in [-0.05, 0) is 76.1 Å². The van der Waals surface area contributed by atoms with E-state index in [1.54, 1.807) is 0 Å². The third-order valence-electron chi connectivity index (χ3n) is 7.46. The second kappa shape index (κ2) is 9.69. The Kier molecular flexibility index (Phi) is 7.09. The number of hydrogen-bond acceptors (Lipinski definition) is 4. The molecule has 5 heteroatoms. The summed E-state index contributed by atoms with van der Waals surface area (Å²) >= 11 is 0. The molecule has 180 valence electrons. The average molecular weight is 451 g/mol. The van der Waals surface area contributed by atoms with Crippen LogP contribution in [0.5, 0.6) is 0 Å². The summed E-state index contributed by atoms with van der Waals surface area (Å²) < 4.78 is 2.43. The van der Waals surface area contributed by atoms with E-state index in [4.69, 9.17) is 5.10 Å². The Morgan fingerprint density at radius 1 is 1.12 bits per heavy atom. The van der Waals surface area contributed by atoms with Crippen molar-refractivity contribution >= 4 is 5.78 Å². The lowest BCUT2D eigenvalue weighted by molar-refractivity contribution is -0.124. The molecule has 1 saturated carbocycles. The molecule has 0 N–H and O–H groups in total. The maximum atomic E-state index is 13.6. The molecule has 0 bridgehead atoms. The third-order valence-corrected chi connectivity index (χ3v) is 7.46. The average Bonchev–Trinajstić information content (AvgIpc) is 3.48. The molecular formula is C28H42N4O. The van der Waals surface area contributed by atoms with E-state index in [0.29, 0.717) is 23.7 Å². The van der Waals surface area contributed by atoms with Gasteiger partial charge in [-0.25, -0.2) is 0 Å². The fourth-order valence-electron chi connectivity index (χ4n) is 5.39. The molecule has 0 spiro atoms. The highest BCUT2D eigenvalue weighted by Crippen LogP contribution is 2.41. The second-order valence-electron chi connectivity index (χ2n) is 11.8. The third kappa shape index (κ3) is 5.92. The highest BCUT2D eigenvalue weighted by Gasteiger charge is 2.40. The van der Waals surface area contributed by atoms with Crippen LogP contribution in [0.3, 0.4) is 0 Å². The van der Waals surface area contributed by atoms with Gasteiger partial charge in [-0.3, -0.25) is 4.79 Å². The molecular weight excluding hydrogens is 408 g/mol. The van der Waals surface area contributed by atoms with E-state index in [9.17, 15) is 4.79 Å². The quantitative estimate of drug-likeness (QED) is 0.537. The van der Waals surface area contributed by atoms with Gasteiger partial charge in [-0.1, -0.05) is 44.5 Å². The molecule has 2 aromatic rings. The van der Waals surface area contributed by atoms with Crippen LogP contribution >= 0.6 is 0 Å². The zero-order valence-electron chi connectivity index (χ0n) is 21.5. The molecule has 5 nitrogen and oxygen atoms in total. The molecule has 2 fully saturated rings. The van der Waals surface area contributed by atoms with Crippen molar-refractivity contribution in [2.24, 2.45) is 11.3 Å². The Hall–Kier alpha value is -2.01. The number of aromatic nitrogens is 3. The Labute approximate surface area is 200 Å². The maximum Gasteiger partial charge on any atom is 0.141 e. The summed E-state index contributed by atoms with van der Waals surface area (Å²) in [6, 6.07) is 6.96. The number of likely N-dealkylation sites (N-methyl/N-ethyl adjacent to an activating group) is 1. The molecule has 33 heavy (non-hydrogen) atoms. The lowest BCUT2D eigenvalue weighted by atomic mass is 9.79. The summed E-state index contributed by atoms with van der Waals surface area (Å²) in [5.74, 6) is 2.71. The van der Waals surface area contributed by atoms with Crippen LogP contribution in [0.1, 0.15) is 93.2 Å². The largest absolute Gasteiger partial charge is 0.312 e. The van der Waals surface area contributed by atoms with Crippen LogP contribution in [0.15, 0.2) is 18.2 Å². The number of carbonyl (C=O) groups is 1. The van der Waals surface area contributed by atoms with Gasteiger partial charge in [-0.15, -0.1) is 10.2 Å². The number of aryl methyl sites for hydroxylation is 3. The first-order chi connectivity index (χ1) is 15.6. The summed E-state index contributed by atoms with van der Waals surface area (Å²) in [5, 5.41) is 9.44.